The van der Waals surface area contributed by atoms with Crippen LogP contribution in [0.3, 0.4) is 0 Å². The molecule has 0 amide bonds. The molecule has 0 saturated carbocycles. The van der Waals surface area contributed by atoms with Crippen LogP contribution in [0.15, 0.2) is 30.6 Å². The number of methoxy groups -OCH3 is 1. The van der Waals surface area contributed by atoms with Gasteiger partial charge in [-0.25, -0.2) is 9.67 Å². The van der Waals surface area contributed by atoms with Gasteiger partial charge in [-0.15, -0.1) is 0 Å². The predicted molar refractivity (Wildman–Crippen MR) is 69.9 cm³/mol. The fourth-order valence-electron chi connectivity index (χ4n) is 1.62. The van der Waals surface area contributed by atoms with Gasteiger partial charge in [0.1, 0.15) is 0 Å². The Labute approximate surface area is 107 Å². The van der Waals surface area contributed by atoms with Crippen molar-refractivity contribution in [3.63, 3.8) is 0 Å². The average Bonchev–Trinajstić information content (AvgIpc) is 2.88. The number of nitrogens with zero attached hydrogens (tertiary/aromatic N) is 3. The zero-order valence-electron chi connectivity index (χ0n) is 10.8. The van der Waals surface area contributed by atoms with E-state index in [2.05, 4.69) is 22.3 Å². The molecule has 0 atom stereocenters. The van der Waals surface area contributed by atoms with Gasteiger partial charge in [0.25, 0.3) is 0 Å². The molecular weight excluding hydrogens is 228 g/mol. The Hall–Kier alpha value is -1.88. The number of rotatable bonds is 6. The van der Waals surface area contributed by atoms with E-state index in [1.165, 1.54) is 0 Å². The molecule has 0 spiro atoms. The largest absolute Gasteiger partial charge is 0.493 e. The molecule has 1 N–H and O–H groups in total. The molecule has 96 valence electrons. The molecule has 0 fully saturated rings. The lowest BCUT2D eigenvalue weighted by Crippen LogP contribution is -2.15. The molecule has 0 aliphatic carbocycles. The third-order valence-corrected chi connectivity index (χ3v) is 2.55. The molecule has 0 unspecified atom stereocenters. The number of hydrogen-bond acceptors (Lipinski definition) is 4. The van der Waals surface area contributed by atoms with Crippen molar-refractivity contribution in [3.05, 3.63) is 36.3 Å². The number of nitrogens with one attached hydrogen (secondary N) is 1. The van der Waals surface area contributed by atoms with E-state index in [9.17, 15) is 0 Å². The van der Waals surface area contributed by atoms with Crippen molar-refractivity contribution in [2.24, 2.45) is 0 Å². The van der Waals surface area contributed by atoms with Crippen LogP contribution in [0.2, 0.25) is 0 Å². The zero-order valence-corrected chi connectivity index (χ0v) is 10.8. The van der Waals surface area contributed by atoms with Crippen molar-refractivity contribution in [2.75, 3.05) is 13.7 Å². The highest BCUT2D eigenvalue weighted by atomic mass is 16.5. The Morgan fingerprint density at radius 3 is 3.00 bits per heavy atom. The maximum atomic E-state index is 5.10. The van der Waals surface area contributed by atoms with Gasteiger partial charge < -0.3 is 10.1 Å². The summed E-state index contributed by atoms with van der Waals surface area (Å²) in [5, 5.41) is 7.53. The maximum absolute atomic E-state index is 5.10. The summed E-state index contributed by atoms with van der Waals surface area (Å²) < 4.78 is 6.81. The van der Waals surface area contributed by atoms with Gasteiger partial charge in [-0.05, 0) is 25.1 Å². The molecule has 5 nitrogen and oxygen atoms in total. The van der Waals surface area contributed by atoms with Crippen LogP contribution >= 0.6 is 0 Å². The van der Waals surface area contributed by atoms with Gasteiger partial charge in [0, 0.05) is 6.54 Å². The molecule has 0 aliphatic rings. The van der Waals surface area contributed by atoms with Gasteiger partial charge in [0.15, 0.2) is 11.6 Å². The second-order valence-corrected chi connectivity index (χ2v) is 3.99. The maximum Gasteiger partial charge on any atom is 0.157 e. The molecule has 0 saturated heterocycles. The van der Waals surface area contributed by atoms with Crippen LogP contribution in [-0.2, 0) is 6.54 Å². The number of aromatic nitrogens is 3. The van der Waals surface area contributed by atoms with Gasteiger partial charge in [-0.2, -0.15) is 5.10 Å². The first-order valence-corrected chi connectivity index (χ1v) is 6.09. The van der Waals surface area contributed by atoms with E-state index >= 15 is 0 Å². The first kappa shape index (κ1) is 12.6. The quantitative estimate of drug-likeness (QED) is 0.789. The highest BCUT2D eigenvalue weighted by molar-refractivity contribution is 5.26. The van der Waals surface area contributed by atoms with E-state index in [1.54, 1.807) is 18.0 Å². The summed E-state index contributed by atoms with van der Waals surface area (Å²) in [4.78, 5) is 4.54. The molecule has 0 aromatic carbocycles. The normalized spacial score (nSPS) is 10.6. The van der Waals surface area contributed by atoms with E-state index in [1.807, 2.05) is 24.4 Å². The van der Waals surface area contributed by atoms with Gasteiger partial charge in [-0.3, -0.25) is 0 Å². The highest BCUT2D eigenvalue weighted by Gasteiger charge is 2.03. The molecule has 2 heterocycles. The Morgan fingerprint density at radius 2 is 2.28 bits per heavy atom. The van der Waals surface area contributed by atoms with E-state index in [0.717, 1.165) is 36.8 Å². The Morgan fingerprint density at radius 1 is 1.39 bits per heavy atom. The first-order chi connectivity index (χ1) is 8.83. The lowest BCUT2D eigenvalue weighted by molar-refractivity contribution is 0.414. The third kappa shape index (κ3) is 3.07. The van der Waals surface area contributed by atoms with Crippen molar-refractivity contribution in [1.29, 1.82) is 0 Å². The molecule has 2 aromatic heterocycles. The minimum Gasteiger partial charge on any atom is -0.493 e. The van der Waals surface area contributed by atoms with Crippen LogP contribution in [-0.4, -0.2) is 28.4 Å². The molecule has 2 rings (SSSR count). The van der Waals surface area contributed by atoms with Crippen LogP contribution in [0.1, 0.15) is 19.0 Å². The van der Waals surface area contributed by atoms with Crippen molar-refractivity contribution < 1.29 is 4.74 Å². The molecule has 0 aliphatic heterocycles. The molecule has 0 bridgehead atoms. The van der Waals surface area contributed by atoms with Crippen LogP contribution in [0.5, 0.6) is 5.75 Å². The standard InChI is InChI=1S/C13H18N4O/c1-3-7-14-8-11-5-4-6-13(16-11)17-10-12(18-2)9-15-17/h4-6,9-10,14H,3,7-8H2,1-2H3. The second kappa shape index (κ2) is 6.16. The van der Waals surface area contributed by atoms with Crippen molar-refractivity contribution in [3.8, 4) is 11.6 Å². The monoisotopic (exact) mass is 246 g/mol. The lowest BCUT2D eigenvalue weighted by Gasteiger charge is -2.05. The summed E-state index contributed by atoms with van der Waals surface area (Å²) in [6.07, 6.45) is 4.60. The molecule has 5 heteroatoms. The molecule has 0 radical (unpaired) electrons. The van der Waals surface area contributed by atoms with E-state index in [4.69, 9.17) is 4.74 Å². The van der Waals surface area contributed by atoms with Crippen LogP contribution in [0.25, 0.3) is 5.82 Å². The zero-order chi connectivity index (χ0) is 12.8. The number of pyridine rings is 1. The summed E-state index contributed by atoms with van der Waals surface area (Å²) in [5.74, 6) is 1.53. The summed E-state index contributed by atoms with van der Waals surface area (Å²) >= 11 is 0. The summed E-state index contributed by atoms with van der Waals surface area (Å²) in [5.41, 5.74) is 1.01. The second-order valence-electron chi connectivity index (χ2n) is 3.99. The molecule has 2 aromatic rings. The van der Waals surface area contributed by atoms with Crippen LogP contribution < -0.4 is 10.1 Å². The van der Waals surface area contributed by atoms with Crippen molar-refractivity contribution in [1.82, 2.24) is 20.1 Å². The Kier molecular flexibility index (Phi) is 4.30. The van der Waals surface area contributed by atoms with Gasteiger partial charge in [0.2, 0.25) is 0 Å². The summed E-state index contributed by atoms with van der Waals surface area (Å²) in [6, 6.07) is 5.92. The molecular formula is C13H18N4O. The SMILES string of the molecule is CCCNCc1cccc(-n2cc(OC)cn2)n1. The van der Waals surface area contributed by atoms with Crippen LogP contribution in [0.4, 0.5) is 0 Å². The fourth-order valence-corrected chi connectivity index (χ4v) is 1.62. The first-order valence-electron chi connectivity index (χ1n) is 6.09. The summed E-state index contributed by atoms with van der Waals surface area (Å²) in [7, 11) is 1.62. The smallest absolute Gasteiger partial charge is 0.157 e. The predicted octanol–water partition coefficient (Wildman–Crippen LogP) is 1.78. The minimum atomic E-state index is 0.728. The Bertz CT molecular complexity index is 495. The Balaban J connectivity index is 2.11. The topological polar surface area (TPSA) is 52.0 Å². The number of ether oxygens (including phenoxy) is 1. The van der Waals surface area contributed by atoms with Gasteiger partial charge >= 0.3 is 0 Å². The van der Waals surface area contributed by atoms with E-state index in [0.29, 0.717) is 0 Å². The van der Waals surface area contributed by atoms with Crippen molar-refractivity contribution in [2.45, 2.75) is 19.9 Å². The lowest BCUT2D eigenvalue weighted by atomic mass is 10.3. The van der Waals surface area contributed by atoms with E-state index < -0.39 is 0 Å². The van der Waals surface area contributed by atoms with Gasteiger partial charge in [0.05, 0.1) is 25.2 Å². The third-order valence-electron chi connectivity index (χ3n) is 2.55. The highest BCUT2D eigenvalue weighted by Crippen LogP contribution is 2.11. The van der Waals surface area contributed by atoms with Crippen LogP contribution in [0, 0.1) is 0 Å². The summed E-state index contributed by atoms with van der Waals surface area (Å²) in [6.45, 7) is 3.93. The number of hydrogen-bond donors (Lipinski definition) is 1. The van der Waals surface area contributed by atoms with Crippen molar-refractivity contribution >= 4 is 0 Å². The minimum absolute atomic E-state index is 0.728. The van der Waals surface area contributed by atoms with Gasteiger partial charge in [-0.1, -0.05) is 13.0 Å². The molecule has 18 heavy (non-hydrogen) atoms. The fraction of sp³-hybridized carbons (Fsp3) is 0.385. The average molecular weight is 246 g/mol. The van der Waals surface area contributed by atoms with E-state index in [-0.39, 0.29) is 0 Å².